The molecule has 0 N–H and O–H groups in total. The molecule has 7 heteroatoms. The van der Waals surface area contributed by atoms with Crippen molar-refractivity contribution in [1.82, 2.24) is 9.97 Å². The van der Waals surface area contributed by atoms with Gasteiger partial charge in [0, 0.05) is 12.4 Å². The zero-order valence-electron chi connectivity index (χ0n) is 19.1. The maximum absolute atomic E-state index is 14.0. The standard InChI is InChI=1S/C28H23N3O3S/c1-2-33-24-15-8-16-25-26(24)30-28(35-25)31(19-20-10-9-17-29-18-20)27(32)22-13-6-7-14-23(22)34-21-11-4-3-5-12-21/h3-18H,2,19H2,1H3. The van der Waals surface area contributed by atoms with E-state index in [2.05, 4.69) is 4.98 Å². The smallest absolute Gasteiger partial charge is 0.264 e. The highest BCUT2D eigenvalue weighted by Crippen LogP contribution is 2.36. The molecule has 2 heterocycles. The fraction of sp³-hybridized carbons (Fsp3) is 0.107. The van der Waals surface area contributed by atoms with E-state index in [1.165, 1.54) is 11.3 Å². The van der Waals surface area contributed by atoms with Gasteiger partial charge in [-0.25, -0.2) is 4.98 Å². The van der Waals surface area contributed by atoms with Gasteiger partial charge < -0.3 is 9.47 Å². The fourth-order valence-electron chi connectivity index (χ4n) is 3.69. The molecule has 5 aromatic rings. The van der Waals surface area contributed by atoms with E-state index < -0.39 is 0 Å². The second-order valence-corrected chi connectivity index (χ2v) is 8.71. The summed E-state index contributed by atoms with van der Waals surface area (Å²) < 4.78 is 12.8. The van der Waals surface area contributed by atoms with E-state index in [1.54, 1.807) is 29.4 Å². The van der Waals surface area contributed by atoms with Crippen molar-refractivity contribution in [3.63, 3.8) is 0 Å². The molecular formula is C28H23N3O3S. The maximum atomic E-state index is 14.0. The number of pyridine rings is 1. The van der Waals surface area contributed by atoms with Crippen LogP contribution in [-0.2, 0) is 6.54 Å². The number of ether oxygens (including phenoxy) is 2. The number of amides is 1. The number of thiazole rings is 1. The van der Waals surface area contributed by atoms with E-state index in [4.69, 9.17) is 14.5 Å². The second-order valence-electron chi connectivity index (χ2n) is 7.70. The summed E-state index contributed by atoms with van der Waals surface area (Å²) in [4.78, 5) is 24.7. The number of rotatable bonds is 8. The van der Waals surface area contributed by atoms with Crippen LogP contribution in [0.2, 0.25) is 0 Å². The molecule has 0 saturated heterocycles. The number of anilines is 1. The van der Waals surface area contributed by atoms with Gasteiger partial charge >= 0.3 is 0 Å². The number of hydrogen-bond acceptors (Lipinski definition) is 6. The first kappa shape index (κ1) is 22.6. The average molecular weight is 482 g/mol. The lowest BCUT2D eigenvalue weighted by molar-refractivity contribution is 0.0983. The molecule has 0 unspecified atom stereocenters. The second kappa shape index (κ2) is 10.4. The third kappa shape index (κ3) is 5.00. The van der Waals surface area contributed by atoms with Crippen molar-refractivity contribution in [2.24, 2.45) is 0 Å². The first-order valence-corrected chi connectivity index (χ1v) is 12.1. The molecule has 0 aliphatic rings. The number of aromatic nitrogens is 2. The first-order chi connectivity index (χ1) is 17.2. The molecule has 0 aliphatic heterocycles. The Morgan fingerprint density at radius 1 is 0.914 bits per heavy atom. The Hall–Kier alpha value is -4.23. The molecular weight excluding hydrogens is 458 g/mol. The van der Waals surface area contributed by atoms with Crippen molar-refractivity contribution in [2.75, 3.05) is 11.5 Å². The van der Waals surface area contributed by atoms with Crippen LogP contribution in [0.5, 0.6) is 17.2 Å². The Morgan fingerprint density at radius 2 is 1.71 bits per heavy atom. The topological polar surface area (TPSA) is 64.5 Å². The summed E-state index contributed by atoms with van der Waals surface area (Å²) in [5.74, 6) is 1.63. The van der Waals surface area contributed by atoms with Crippen LogP contribution < -0.4 is 14.4 Å². The summed E-state index contributed by atoms with van der Waals surface area (Å²) in [7, 11) is 0. The highest BCUT2D eigenvalue weighted by Gasteiger charge is 2.25. The monoisotopic (exact) mass is 481 g/mol. The number of hydrogen-bond donors (Lipinski definition) is 0. The zero-order valence-corrected chi connectivity index (χ0v) is 19.9. The summed E-state index contributed by atoms with van der Waals surface area (Å²) in [6.45, 7) is 2.79. The third-order valence-electron chi connectivity index (χ3n) is 5.30. The van der Waals surface area contributed by atoms with Gasteiger partial charge in [0.25, 0.3) is 5.91 Å². The van der Waals surface area contributed by atoms with E-state index >= 15 is 0 Å². The average Bonchev–Trinajstić information content (AvgIpc) is 3.34. The number of benzene rings is 3. The predicted molar refractivity (Wildman–Crippen MR) is 138 cm³/mol. The summed E-state index contributed by atoms with van der Waals surface area (Å²) in [6.07, 6.45) is 3.47. The number of para-hydroxylation sites is 3. The molecule has 0 fully saturated rings. The molecule has 0 radical (unpaired) electrons. The minimum absolute atomic E-state index is 0.211. The largest absolute Gasteiger partial charge is 0.492 e. The molecule has 0 aliphatic carbocycles. The lowest BCUT2D eigenvalue weighted by Gasteiger charge is -2.21. The van der Waals surface area contributed by atoms with E-state index in [0.717, 1.165) is 15.8 Å². The van der Waals surface area contributed by atoms with Crippen LogP contribution in [0.3, 0.4) is 0 Å². The van der Waals surface area contributed by atoms with Gasteiger partial charge in [-0.05, 0) is 55.0 Å². The van der Waals surface area contributed by atoms with Gasteiger partial charge in [0.05, 0.1) is 23.4 Å². The highest BCUT2D eigenvalue weighted by atomic mass is 32.1. The van der Waals surface area contributed by atoms with E-state index in [0.29, 0.717) is 41.1 Å². The molecule has 5 rings (SSSR count). The number of fused-ring (bicyclic) bond motifs is 1. The number of carbonyl (C=O) groups is 1. The number of carbonyl (C=O) groups excluding carboxylic acids is 1. The molecule has 2 aromatic heterocycles. The summed E-state index contributed by atoms with van der Waals surface area (Å²) >= 11 is 1.45. The fourth-order valence-corrected chi connectivity index (χ4v) is 4.67. The minimum Gasteiger partial charge on any atom is -0.492 e. The first-order valence-electron chi connectivity index (χ1n) is 11.3. The van der Waals surface area contributed by atoms with Gasteiger partial charge in [-0.3, -0.25) is 14.7 Å². The predicted octanol–water partition coefficient (Wildman–Crippen LogP) is 6.73. The van der Waals surface area contributed by atoms with Gasteiger partial charge in [0.2, 0.25) is 0 Å². The SMILES string of the molecule is CCOc1cccc2sc(N(Cc3cccnc3)C(=O)c3ccccc3Oc3ccccc3)nc12. The molecule has 0 saturated carbocycles. The van der Waals surface area contributed by atoms with Crippen molar-refractivity contribution >= 4 is 32.6 Å². The van der Waals surface area contributed by atoms with Crippen molar-refractivity contribution in [3.05, 3.63) is 108 Å². The normalized spacial score (nSPS) is 10.8. The molecule has 35 heavy (non-hydrogen) atoms. The molecule has 3 aromatic carbocycles. The third-order valence-corrected chi connectivity index (χ3v) is 6.34. The molecule has 1 amide bonds. The van der Waals surface area contributed by atoms with Crippen molar-refractivity contribution < 1.29 is 14.3 Å². The van der Waals surface area contributed by atoms with Crippen molar-refractivity contribution in [3.8, 4) is 17.2 Å². The lowest BCUT2D eigenvalue weighted by atomic mass is 10.1. The van der Waals surface area contributed by atoms with Gasteiger partial charge in [0.15, 0.2) is 5.13 Å². The Morgan fingerprint density at radius 3 is 2.51 bits per heavy atom. The van der Waals surface area contributed by atoms with Crippen LogP contribution in [0.25, 0.3) is 10.2 Å². The van der Waals surface area contributed by atoms with Crippen LogP contribution in [0, 0.1) is 0 Å². The quantitative estimate of drug-likeness (QED) is 0.246. The molecule has 0 atom stereocenters. The van der Waals surface area contributed by atoms with E-state index in [-0.39, 0.29) is 5.91 Å². The van der Waals surface area contributed by atoms with Crippen molar-refractivity contribution in [1.29, 1.82) is 0 Å². The Bertz CT molecular complexity index is 1440. The lowest BCUT2D eigenvalue weighted by Crippen LogP contribution is -2.30. The minimum atomic E-state index is -0.211. The highest BCUT2D eigenvalue weighted by molar-refractivity contribution is 7.22. The number of nitrogens with zero attached hydrogens (tertiary/aromatic N) is 3. The Balaban J connectivity index is 1.56. The van der Waals surface area contributed by atoms with Crippen LogP contribution in [0.15, 0.2) is 97.3 Å². The van der Waals surface area contributed by atoms with E-state index in [1.807, 2.05) is 79.7 Å². The van der Waals surface area contributed by atoms with E-state index in [9.17, 15) is 4.79 Å². The summed E-state index contributed by atoms with van der Waals surface area (Å²) in [5.41, 5.74) is 2.09. The van der Waals surface area contributed by atoms with Gasteiger partial charge in [-0.15, -0.1) is 0 Å². The summed E-state index contributed by atoms with van der Waals surface area (Å²) in [5, 5.41) is 0.579. The summed E-state index contributed by atoms with van der Waals surface area (Å²) in [6, 6.07) is 26.3. The van der Waals surface area contributed by atoms with Crippen molar-refractivity contribution in [2.45, 2.75) is 13.5 Å². The van der Waals surface area contributed by atoms with Gasteiger partial charge in [-0.2, -0.15) is 0 Å². The maximum Gasteiger partial charge on any atom is 0.264 e. The van der Waals surface area contributed by atoms with Crippen LogP contribution >= 0.6 is 11.3 Å². The molecule has 6 nitrogen and oxygen atoms in total. The van der Waals surface area contributed by atoms with Crippen LogP contribution in [0.1, 0.15) is 22.8 Å². The Kier molecular flexibility index (Phi) is 6.68. The van der Waals surface area contributed by atoms with Gasteiger partial charge in [-0.1, -0.05) is 53.8 Å². The molecule has 174 valence electrons. The zero-order chi connectivity index (χ0) is 24.0. The van der Waals surface area contributed by atoms with Crippen LogP contribution in [-0.4, -0.2) is 22.5 Å². The molecule has 0 spiro atoms. The van der Waals surface area contributed by atoms with Gasteiger partial charge in [0.1, 0.15) is 22.8 Å². The molecule has 0 bridgehead atoms. The Labute approximate surface area is 207 Å². The van der Waals surface area contributed by atoms with Crippen LogP contribution in [0.4, 0.5) is 5.13 Å².